The standard InChI is InChI=1S/C39H43FN2O7S2/c1-26-21-33(48-32-17-19-50-20-18-32)22-27(2)38(26)30-10-8-9-28(23-30)25-41(51(46,47)36-12-7-6-11-35(36)42(44)45)31-15-13-29(34(40)24-31)14-16-37(43)49-39(3,4)5/h6-13,15,21-24,32H,14,16-20,25H2,1-5H3. The van der Waals surface area contributed by atoms with E-state index in [9.17, 15) is 23.3 Å². The van der Waals surface area contributed by atoms with Crippen molar-refractivity contribution < 1.29 is 32.0 Å². The predicted molar refractivity (Wildman–Crippen MR) is 199 cm³/mol. The summed E-state index contributed by atoms with van der Waals surface area (Å²) in [6.45, 7) is 9.01. The molecular formula is C39H43FN2O7S2. The first-order valence-corrected chi connectivity index (χ1v) is 19.4. The lowest BCUT2D eigenvalue weighted by molar-refractivity contribution is -0.387. The molecule has 0 bridgehead atoms. The molecule has 270 valence electrons. The summed E-state index contributed by atoms with van der Waals surface area (Å²) >= 11 is 1.94. The predicted octanol–water partition coefficient (Wildman–Crippen LogP) is 8.96. The molecule has 1 aliphatic heterocycles. The van der Waals surface area contributed by atoms with Gasteiger partial charge in [0.15, 0.2) is 4.90 Å². The minimum atomic E-state index is -4.58. The van der Waals surface area contributed by atoms with Crippen LogP contribution in [0.3, 0.4) is 0 Å². The van der Waals surface area contributed by atoms with Crippen molar-refractivity contribution in [1.82, 2.24) is 0 Å². The van der Waals surface area contributed by atoms with E-state index >= 15 is 4.39 Å². The van der Waals surface area contributed by atoms with Crippen molar-refractivity contribution in [2.24, 2.45) is 0 Å². The van der Waals surface area contributed by atoms with E-state index in [1.165, 1.54) is 30.3 Å². The van der Waals surface area contributed by atoms with Gasteiger partial charge < -0.3 is 9.47 Å². The number of carbonyl (C=O) groups excluding carboxylic acids is 1. The summed E-state index contributed by atoms with van der Waals surface area (Å²) in [4.78, 5) is 22.9. The maximum absolute atomic E-state index is 15.6. The second-order valence-electron chi connectivity index (χ2n) is 13.7. The minimum absolute atomic E-state index is 0.0213. The molecule has 4 aromatic rings. The Kier molecular flexibility index (Phi) is 11.8. The smallest absolute Gasteiger partial charge is 0.306 e. The fraction of sp³-hybridized carbons (Fsp3) is 0.359. The van der Waals surface area contributed by atoms with Crippen molar-refractivity contribution in [2.75, 3.05) is 15.8 Å². The van der Waals surface area contributed by atoms with Gasteiger partial charge in [0.2, 0.25) is 0 Å². The van der Waals surface area contributed by atoms with Crippen LogP contribution in [-0.2, 0) is 32.5 Å². The molecule has 5 rings (SSSR count). The van der Waals surface area contributed by atoms with Crippen LogP contribution in [0.1, 0.15) is 62.3 Å². The Morgan fingerprint density at radius 3 is 2.31 bits per heavy atom. The largest absolute Gasteiger partial charge is 0.490 e. The zero-order valence-electron chi connectivity index (χ0n) is 29.5. The monoisotopic (exact) mass is 734 g/mol. The highest BCUT2D eigenvalue weighted by Gasteiger charge is 2.32. The minimum Gasteiger partial charge on any atom is -0.490 e. The van der Waals surface area contributed by atoms with Crippen molar-refractivity contribution in [1.29, 1.82) is 0 Å². The van der Waals surface area contributed by atoms with Crippen molar-refractivity contribution in [3.05, 3.63) is 117 Å². The average Bonchev–Trinajstić information content (AvgIpc) is 3.06. The van der Waals surface area contributed by atoms with Gasteiger partial charge in [-0.2, -0.15) is 11.8 Å². The Hall–Kier alpha value is -4.42. The maximum atomic E-state index is 15.6. The molecule has 0 radical (unpaired) electrons. The third-order valence-corrected chi connectivity index (χ3v) is 11.4. The molecule has 1 aliphatic rings. The zero-order chi connectivity index (χ0) is 36.9. The number of nitro groups is 1. The van der Waals surface area contributed by atoms with Gasteiger partial charge in [-0.3, -0.25) is 19.2 Å². The quantitative estimate of drug-likeness (QED) is 0.0805. The van der Waals surface area contributed by atoms with Gasteiger partial charge in [0.05, 0.1) is 17.2 Å². The van der Waals surface area contributed by atoms with Crippen LogP contribution in [0.5, 0.6) is 5.75 Å². The van der Waals surface area contributed by atoms with E-state index in [2.05, 4.69) is 0 Å². The summed E-state index contributed by atoms with van der Waals surface area (Å²) < 4.78 is 56.8. The fourth-order valence-corrected chi connectivity index (χ4v) is 8.88. The Morgan fingerprint density at radius 1 is 0.980 bits per heavy atom. The lowest BCUT2D eigenvalue weighted by Gasteiger charge is -2.26. The van der Waals surface area contributed by atoms with E-state index in [0.717, 1.165) is 68.8 Å². The van der Waals surface area contributed by atoms with E-state index in [1.807, 2.05) is 55.9 Å². The summed E-state index contributed by atoms with van der Waals surface area (Å²) in [6, 6.07) is 20.5. The van der Waals surface area contributed by atoms with Gasteiger partial charge in [-0.05, 0) is 135 Å². The molecule has 4 aromatic carbocycles. The molecule has 12 heteroatoms. The van der Waals surface area contributed by atoms with Crippen LogP contribution in [0.15, 0.2) is 83.8 Å². The number of rotatable bonds is 12. The van der Waals surface area contributed by atoms with Crippen molar-refractivity contribution in [3.8, 4) is 16.9 Å². The van der Waals surface area contributed by atoms with Gasteiger partial charge >= 0.3 is 5.97 Å². The van der Waals surface area contributed by atoms with Crippen LogP contribution in [0.4, 0.5) is 15.8 Å². The number of nitrogens with zero attached hydrogens (tertiary/aromatic N) is 2. The molecule has 0 saturated carbocycles. The van der Waals surface area contributed by atoms with Crippen LogP contribution in [-0.4, -0.2) is 42.5 Å². The van der Waals surface area contributed by atoms with Crippen LogP contribution in [0, 0.1) is 29.8 Å². The Morgan fingerprint density at radius 2 is 1.67 bits per heavy atom. The highest BCUT2D eigenvalue weighted by atomic mass is 32.2. The van der Waals surface area contributed by atoms with Crippen LogP contribution in [0.2, 0.25) is 0 Å². The number of aryl methyl sites for hydroxylation is 3. The molecular weight excluding hydrogens is 692 g/mol. The first kappa shape index (κ1) is 37.8. The number of ether oxygens (including phenoxy) is 2. The molecule has 0 spiro atoms. The van der Waals surface area contributed by atoms with Crippen LogP contribution >= 0.6 is 11.8 Å². The number of benzene rings is 4. The van der Waals surface area contributed by atoms with Crippen molar-refractivity contribution in [2.45, 2.75) is 83.4 Å². The third kappa shape index (κ3) is 9.48. The number of esters is 1. The Bertz CT molecular complexity index is 2000. The maximum Gasteiger partial charge on any atom is 0.306 e. The number of hydrogen-bond donors (Lipinski definition) is 0. The number of anilines is 1. The highest BCUT2D eigenvalue weighted by molar-refractivity contribution is 7.99. The van der Waals surface area contributed by atoms with Crippen LogP contribution < -0.4 is 9.04 Å². The molecule has 0 unspecified atom stereocenters. The summed E-state index contributed by atoms with van der Waals surface area (Å²) in [5.74, 6) is 1.79. The van der Waals surface area contributed by atoms with Gasteiger partial charge in [0.1, 0.15) is 23.3 Å². The third-order valence-electron chi connectivity index (χ3n) is 8.49. The molecule has 51 heavy (non-hydrogen) atoms. The summed E-state index contributed by atoms with van der Waals surface area (Å²) in [7, 11) is -4.58. The molecule has 0 N–H and O–H groups in total. The molecule has 1 heterocycles. The molecule has 0 aliphatic carbocycles. The molecule has 0 amide bonds. The molecule has 9 nitrogen and oxygen atoms in total. The number of hydrogen-bond acceptors (Lipinski definition) is 8. The number of sulfonamides is 1. The number of halogens is 1. The van der Waals surface area contributed by atoms with Gasteiger partial charge in [0, 0.05) is 12.5 Å². The molecule has 1 fully saturated rings. The fourth-order valence-electron chi connectivity index (χ4n) is 6.21. The SMILES string of the molecule is Cc1cc(OC2CCSCC2)cc(C)c1-c1cccc(CN(c2ccc(CCC(=O)OC(C)(C)C)c(F)c2)S(=O)(=O)c2ccccc2[N+](=O)[O-])c1. The molecule has 1 saturated heterocycles. The van der Waals surface area contributed by atoms with Gasteiger partial charge in [-0.15, -0.1) is 0 Å². The number of thioether (sulfide) groups is 1. The van der Waals surface area contributed by atoms with E-state index in [4.69, 9.17) is 9.47 Å². The molecule has 0 atom stereocenters. The first-order valence-electron chi connectivity index (χ1n) is 16.8. The number of carbonyl (C=O) groups is 1. The van der Waals surface area contributed by atoms with E-state index in [-0.39, 0.29) is 36.7 Å². The van der Waals surface area contributed by atoms with Crippen molar-refractivity contribution in [3.63, 3.8) is 0 Å². The zero-order valence-corrected chi connectivity index (χ0v) is 31.1. The highest BCUT2D eigenvalue weighted by Crippen LogP contribution is 2.36. The van der Waals surface area contributed by atoms with Gasteiger partial charge in [-0.25, -0.2) is 12.8 Å². The lowest BCUT2D eigenvalue weighted by Crippen LogP contribution is -2.31. The van der Waals surface area contributed by atoms with E-state index < -0.39 is 42.9 Å². The lowest BCUT2D eigenvalue weighted by atomic mass is 9.94. The second kappa shape index (κ2) is 15.9. The van der Waals surface area contributed by atoms with E-state index in [0.29, 0.717) is 5.56 Å². The number of nitro benzene ring substituents is 1. The summed E-state index contributed by atoms with van der Waals surface area (Å²) in [6.07, 6.45) is 2.19. The second-order valence-corrected chi connectivity index (χ2v) is 16.7. The van der Waals surface area contributed by atoms with Gasteiger partial charge in [0.25, 0.3) is 15.7 Å². The normalized spacial score (nSPS) is 13.8. The van der Waals surface area contributed by atoms with Gasteiger partial charge in [-0.1, -0.05) is 36.4 Å². The van der Waals surface area contributed by atoms with Crippen molar-refractivity contribution >= 4 is 39.1 Å². The van der Waals surface area contributed by atoms with E-state index in [1.54, 1.807) is 26.8 Å². The Balaban J connectivity index is 1.49. The average molecular weight is 735 g/mol. The topological polar surface area (TPSA) is 116 Å². The van der Waals surface area contributed by atoms with Crippen LogP contribution in [0.25, 0.3) is 11.1 Å². The number of para-hydroxylation sites is 1. The Labute approximate surface area is 303 Å². The molecule has 0 aromatic heterocycles. The summed E-state index contributed by atoms with van der Waals surface area (Å²) in [5, 5.41) is 11.9. The summed E-state index contributed by atoms with van der Waals surface area (Å²) in [5.41, 5.74) is 3.33. The first-order chi connectivity index (χ1) is 24.1.